The van der Waals surface area contributed by atoms with Crippen LogP contribution in [-0.4, -0.2) is 49.6 Å². The van der Waals surface area contributed by atoms with Gasteiger partial charge in [0.25, 0.3) is 5.91 Å². The molecule has 0 bridgehead atoms. The Kier molecular flexibility index (Phi) is 4.05. The van der Waals surface area contributed by atoms with Crippen molar-refractivity contribution in [2.45, 2.75) is 30.8 Å². The van der Waals surface area contributed by atoms with Crippen LogP contribution in [0.25, 0.3) is 0 Å². The number of nitrogens with zero attached hydrogens (tertiary/aromatic N) is 2. The molecular weight excluding hydrogens is 394 g/mol. The fourth-order valence-corrected chi connectivity index (χ4v) is 6.02. The van der Waals surface area contributed by atoms with Crippen molar-refractivity contribution in [1.82, 2.24) is 4.90 Å². The second-order valence-electron chi connectivity index (χ2n) is 8.77. The normalized spacial score (nSPS) is 28.7. The van der Waals surface area contributed by atoms with Crippen LogP contribution in [0, 0.1) is 5.92 Å². The molecule has 4 aliphatic rings. The molecule has 2 fully saturated rings. The Morgan fingerprint density at radius 2 is 1.94 bits per heavy atom. The number of carbonyl (C=O) groups is 2. The average molecular weight is 419 g/mol. The van der Waals surface area contributed by atoms with E-state index in [1.165, 1.54) is 0 Å². The van der Waals surface area contributed by atoms with Crippen LogP contribution in [0.15, 0.2) is 42.5 Å². The van der Waals surface area contributed by atoms with E-state index < -0.39 is 11.5 Å². The van der Waals surface area contributed by atoms with E-state index in [0.717, 1.165) is 30.6 Å². The zero-order chi connectivity index (χ0) is 21.2. The summed E-state index contributed by atoms with van der Waals surface area (Å²) in [4.78, 5) is 31.4. The number of carbonyl (C=O) groups excluding carboxylic acids is 2. The Morgan fingerprint density at radius 1 is 1.13 bits per heavy atom. The summed E-state index contributed by atoms with van der Waals surface area (Å²) in [5.74, 6) is 0.742. The van der Waals surface area contributed by atoms with Crippen molar-refractivity contribution in [3.8, 4) is 11.5 Å². The Bertz CT molecular complexity index is 1090. The number of benzene rings is 2. The molecule has 0 unspecified atom stereocenters. The van der Waals surface area contributed by atoms with Crippen LogP contribution in [0.5, 0.6) is 11.5 Å². The van der Waals surface area contributed by atoms with Gasteiger partial charge in [0.05, 0.1) is 5.92 Å². The number of para-hydroxylation sites is 1. The van der Waals surface area contributed by atoms with Gasteiger partial charge in [-0.2, -0.15) is 0 Å². The van der Waals surface area contributed by atoms with Crippen molar-refractivity contribution in [2.75, 3.05) is 37.0 Å². The molecule has 1 spiro atoms. The topological polar surface area (TPSA) is 71.1 Å². The van der Waals surface area contributed by atoms with Crippen LogP contribution >= 0.6 is 0 Å². The predicted octanol–water partition coefficient (Wildman–Crippen LogP) is 2.75. The van der Waals surface area contributed by atoms with E-state index in [1.54, 1.807) is 11.0 Å². The van der Waals surface area contributed by atoms with E-state index in [2.05, 4.69) is 10.2 Å². The highest BCUT2D eigenvalue weighted by Crippen LogP contribution is 2.56. The number of rotatable bonds is 2. The number of anilines is 2. The van der Waals surface area contributed by atoms with Crippen molar-refractivity contribution in [3.05, 3.63) is 48.0 Å². The van der Waals surface area contributed by atoms with E-state index in [1.807, 2.05) is 43.4 Å². The maximum absolute atomic E-state index is 13.8. The SMILES string of the molecule is CN1C(=O)[C@@]2(c3ccccc31)[C@@H](C(=O)Nc1ccc3c(c1)OCCO3)C[C@H]1CCCN12. The largest absolute Gasteiger partial charge is 0.486 e. The third-order valence-corrected chi connectivity index (χ3v) is 7.28. The smallest absolute Gasteiger partial charge is 0.252 e. The van der Waals surface area contributed by atoms with Gasteiger partial charge in [-0.3, -0.25) is 14.5 Å². The molecule has 160 valence electrons. The van der Waals surface area contributed by atoms with Crippen molar-refractivity contribution >= 4 is 23.2 Å². The number of ether oxygens (including phenoxy) is 2. The number of amides is 2. The third-order valence-electron chi connectivity index (χ3n) is 7.28. The maximum atomic E-state index is 13.8. The molecule has 0 aromatic heterocycles. The first kappa shape index (κ1) is 18.7. The molecule has 2 amide bonds. The summed E-state index contributed by atoms with van der Waals surface area (Å²) in [5.41, 5.74) is 1.58. The first-order chi connectivity index (χ1) is 15.1. The number of hydrogen-bond acceptors (Lipinski definition) is 5. The van der Waals surface area contributed by atoms with Crippen LogP contribution in [0.3, 0.4) is 0 Å². The zero-order valence-corrected chi connectivity index (χ0v) is 17.5. The molecule has 6 rings (SSSR count). The fraction of sp³-hybridized carbons (Fsp3) is 0.417. The van der Waals surface area contributed by atoms with Gasteiger partial charge in [-0.05, 0) is 44.0 Å². The number of nitrogens with one attached hydrogen (secondary N) is 1. The van der Waals surface area contributed by atoms with Gasteiger partial charge in [0.1, 0.15) is 18.8 Å². The van der Waals surface area contributed by atoms with Gasteiger partial charge >= 0.3 is 0 Å². The average Bonchev–Trinajstić information content (AvgIpc) is 3.44. The van der Waals surface area contributed by atoms with Gasteiger partial charge in [-0.1, -0.05) is 18.2 Å². The lowest BCUT2D eigenvalue weighted by Gasteiger charge is -2.37. The molecule has 4 aliphatic heterocycles. The molecule has 7 heteroatoms. The van der Waals surface area contributed by atoms with Gasteiger partial charge in [0.15, 0.2) is 11.5 Å². The molecular formula is C24H25N3O4. The summed E-state index contributed by atoms with van der Waals surface area (Å²) in [7, 11) is 1.81. The number of fused-ring (bicyclic) bond motifs is 5. The van der Waals surface area contributed by atoms with E-state index in [4.69, 9.17) is 9.47 Å². The van der Waals surface area contributed by atoms with Gasteiger partial charge in [-0.15, -0.1) is 0 Å². The van der Waals surface area contributed by atoms with Gasteiger partial charge in [0.2, 0.25) is 5.91 Å². The van der Waals surface area contributed by atoms with Crippen LogP contribution in [0.1, 0.15) is 24.8 Å². The Hall–Kier alpha value is -3.06. The first-order valence-corrected chi connectivity index (χ1v) is 11.0. The lowest BCUT2D eigenvalue weighted by Crippen LogP contribution is -2.55. The molecule has 31 heavy (non-hydrogen) atoms. The minimum atomic E-state index is -0.926. The van der Waals surface area contributed by atoms with Crippen LogP contribution in [0.2, 0.25) is 0 Å². The van der Waals surface area contributed by atoms with E-state index in [9.17, 15) is 9.59 Å². The molecule has 1 N–H and O–H groups in total. The molecule has 7 nitrogen and oxygen atoms in total. The molecule has 2 saturated heterocycles. The third kappa shape index (κ3) is 2.50. The van der Waals surface area contributed by atoms with E-state index >= 15 is 0 Å². The molecule has 0 aliphatic carbocycles. The lowest BCUT2D eigenvalue weighted by atomic mass is 9.78. The summed E-state index contributed by atoms with van der Waals surface area (Å²) in [6.07, 6.45) is 2.76. The fourth-order valence-electron chi connectivity index (χ4n) is 6.02. The summed E-state index contributed by atoms with van der Waals surface area (Å²) >= 11 is 0. The second kappa shape index (κ2) is 6.72. The maximum Gasteiger partial charge on any atom is 0.252 e. The van der Waals surface area contributed by atoms with Crippen molar-refractivity contribution in [2.24, 2.45) is 5.92 Å². The van der Waals surface area contributed by atoms with Gasteiger partial charge in [0, 0.05) is 36.1 Å². The van der Waals surface area contributed by atoms with E-state index in [-0.39, 0.29) is 17.9 Å². The van der Waals surface area contributed by atoms with Crippen LogP contribution in [-0.2, 0) is 15.1 Å². The minimum Gasteiger partial charge on any atom is -0.486 e. The Balaban J connectivity index is 1.39. The summed E-state index contributed by atoms with van der Waals surface area (Å²) < 4.78 is 11.2. The number of likely N-dealkylation sites (N-methyl/N-ethyl adjacent to an activating group) is 1. The van der Waals surface area contributed by atoms with Crippen molar-refractivity contribution in [3.63, 3.8) is 0 Å². The standard InChI is InChI=1S/C24H25N3O4/c1-26-19-7-3-2-6-17(19)24(23(26)29)18(14-16-5-4-10-27(16)24)22(28)25-15-8-9-20-21(13-15)31-12-11-30-20/h2-3,6-9,13,16,18H,4-5,10-12,14H2,1H3,(H,25,28)/t16-,18-,24-/m1/s1. The highest BCUT2D eigenvalue weighted by atomic mass is 16.6. The van der Waals surface area contributed by atoms with Crippen molar-refractivity contribution < 1.29 is 19.1 Å². The zero-order valence-electron chi connectivity index (χ0n) is 17.5. The quantitative estimate of drug-likeness (QED) is 0.811. The van der Waals surface area contributed by atoms with Crippen LogP contribution < -0.4 is 19.7 Å². The molecule has 4 heterocycles. The summed E-state index contributed by atoms with van der Waals surface area (Å²) in [6, 6.07) is 13.6. The monoisotopic (exact) mass is 419 g/mol. The lowest BCUT2D eigenvalue weighted by molar-refractivity contribution is -0.136. The molecule has 2 aromatic rings. The molecule has 2 aromatic carbocycles. The van der Waals surface area contributed by atoms with Crippen LogP contribution in [0.4, 0.5) is 11.4 Å². The van der Waals surface area contributed by atoms with E-state index in [0.29, 0.717) is 36.8 Å². The first-order valence-electron chi connectivity index (χ1n) is 11.0. The number of hydrogen-bond donors (Lipinski definition) is 1. The second-order valence-corrected chi connectivity index (χ2v) is 8.77. The summed E-state index contributed by atoms with van der Waals surface area (Å²) in [5, 5.41) is 3.07. The highest BCUT2D eigenvalue weighted by Gasteiger charge is 2.66. The molecule has 3 atom stereocenters. The van der Waals surface area contributed by atoms with Gasteiger partial charge in [-0.25, -0.2) is 0 Å². The van der Waals surface area contributed by atoms with Crippen molar-refractivity contribution in [1.29, 1.82) is 0 Å². The minimum absolute atomic E-state index is 0.000393. The predicted molar refractivity (Wildman–Crippen MR) is 115 cm³/mol. The highest BCUT2D eigenvalue weighted by molar-refractivity contribution is 6.11. The summed E-state index contributed by atoms with van der Waals surface area (Å²) in [6.45, 7) is 1.85. The Labute approximate surface area is 180 Å². The van der Waals surface area contributed by atoms with Gasteiger partial charge < -0.3 is 19.7 Å². The molecule has 0 radical (unpaired) electrons. The molecule has 0 saturated carbocycles. The Morgan fingerprint density at radius 3 is 2.81 bits per heavy atom.